The highest BCUT2D eigenvalue weighted by molar-refractivity contribution is 7.99. The molecule has 2 aromatic heterocycles. The summed E-state index contributed by atoms with van der Waals surface area (Å²) in [6.45, 7) is 6.87. The topological polar surface area (TPSA) is 101 Å². The average molecular weight is 483 g/mol. The molecule has 2 saturated heterocycles. The number of amides is 1. The van der Waals surface area contributed by atoms with Crippen molar-refractivity contribution < 1.29 is 4.79 Å². The first-order valence-electron chi connectivity index (χ1n) is 10.9. The Morgan fingerprint density at radius 1 is 1.21 bits per heavy atom. The van der Waals surface area contributed by atoms with Gasteiger partial charge in [-0.25, -0.2) is 15.0 Å². The number of carbonyl (C=O) groups is 1. The van der Waals surface area contributed by atoms with E-state index in [1.54, 1.807) is 24.9 Å². The Morgan fingerprint density at radius 3 is 2.64 bits per heavy atom. The fraction of sp³-hybridized carbons (Fsp3) is 0.500. The monoisotopic (exact) mass is 482 g/mol. The standard InChI is InChI=1S/C22H26N8OS2/c1-3-4-20(31)30-7-5-16(6-8-30)32-22-26-18(25-21-24-15-17(14-23)33-21)13-19(27-22)29-11-9-28(2)10-12-29/h13,15-16H,5-12H2,1-2H3,(H,24,25,26,27). The van der Waals surface area contributed by atoms with Gasteiger partial charge < -0.3 is 20.0 Å². The predicted molar refractivity (Wildman–Crippen MR) is 131 cm³/mol. The second kappa shape index (κ2) is 10.8. The van der Waals surface area contributed by atoms with Crippen LogP contribution in [0.5, 0.6) is 0 Å². The summed E-state index contributed by atoms with van der Waals surface area (Å²) in [5.74, 6) is 6.78. The van der Waals surface area contributed by atoms with Crippen molar-refractivity contribution in [1.29, 1.82) is 5.26 Å². The van der Waals surface area contributed by atoms with Gasteiger partial charge in [0.15, 0.2) is 10.3 Å². The largest absolute Gasteiger partial charge is 0.354 e. The molecule has 0 radical (unpaired) electrons. The van der Waals surface area contributed by atoms with E-state index in [9.17, 15) is 4.79 Å². The number of likely N-dealkylation sites (N-methyl/N-ethyl adjacent to an activating group) is 1. The fourth-order valence-corrected chi connectivity index (χ4v) is 5.39. The van der Waals surface area contributed by atoms with E-state index in [0.29, 0.717) is 39.3 Å². The van der Waals surface area contributed by atoms with Gasteiger partial charge in [-0.05, 0) is 32.7 Å². The van der Waals surface area contributed by atoms with Crippen molar-refractivity contribution in [2.75, 3.05) is 56.5 Å². The highest BCUT2D eigenvalue weighted by atomic mass is 32.2. The quantitative estimate of drug-likeness (QED) is 0.508. The van der Waals surface area contributed by atoms with Crippen molar-refractivity contribution in [3.8, 4) is 17.9 Å². The van der Waals surface area contributed by atoms with E-state index < -0.39 is 0 Å². The van der Waals surface area contributed by atoms with Gasteiger partial charge in [-0.3, -0.25) is 4.79 Å². The molecular weight excluding hydrogens is 456 g/mol. The number of thioether (sulfide) groups is 1. The lowest BCUT2D eigenvalue weighted by Gasteiger charge is -2.33. The number of aromatic nitrogens is 3. The lowest BCUT2D eigenvalue weighted by molar-refractivity contribution is -0.125. The number of likely N-dealkylation sites (tertiary alicyclic amines) is 1. The Hall–Kier alpha value is -2.86. The number of carbonyl (C=O) groups excluding carboxylic acids is 1. The zero-order valence-electron chi connectivity index (χ0n) is 18.7. The summed E-state index contributed by atoms with van der Waals surface area (Å²) in [4.78, 5) is 32.9. The zero-order valence-corrected chi connectivity index (χ0v) is 20.4. The van der Waals surface area contributed by atoms with Crippen LogP contribution < -0.4 is 10.2 Å². The molecule has 2 aromatic rings. The lowest BCUT2D eigenvalue weighted by atomic mass is 10.1. The molecule has 172 valence electrons. The Bertz CT molecular complexity index is 1090. The molecule has 11 heteroatoms. The van der Waals surface area contributed by atoms with E-state index in [4.69, 9.17) is 15.2 Å². The minimum atomic E-state index is -0.0964. The number of nitrogens with one attached hydrogen (secondary N) is 1. The molecule has 0 saturated carbocycles. The minimum absolute atomic E-state index is 0.0964. The van der Waals surface area contributed by atoms with Crippen LogP contribution in [-0.4, -0.2) is 82.2 Å². The molecule has 0 unspecified atom stereocenters. The van der Waals surface area contributed by atoms with Gasteiger partial charge in [0.2, 0.25) is 0 Å². The third-order valence-electron chi connectivity index (χ3n) is 5.60. The van der Waals surface area contributed by atoms with E-state index in [2.05, 4.69) is 45.1 Å². The maximum Gasteiger partial charge on any atom is 0.298 e. The van der Waals surface area contributed by atoms with Gasteiger partial charge in [0, 0.05) is 50.6 Å². The van der Waals surface area contributed by atoms with Crippen LogP contribution in [0.15, 0.2) is 17.4 Å². The van der Waals surface area contributed by atoms with E-state index in [1.165, 1.54) is 11.3 Å². The molecular formula is C22H26N8OS2. The van der Waals surface area contributed by atoms with Crippen LogP contribution in [0, 0.1) is 23.2 Å². The van der Waals surface area contributed by atoms with Crippen molar-refractivity contribution in [3.05, 3.63) is 17.1 Å². The average Bonchev–Trinajstić information content (AvgIpc) is 3.27. The fourth-order valence-electron chi connectivity index (χ4n) is 3.73. The van der Waals surface area contributed by atoms with Gasteiger partial charge in [0.1, 0.15) is 22.6 Å². The number of nitriles is 1. The van der Waals surface area contributed by atoms with Crippen LogP contribution >= 0.6 is 23.1 Å². The Labute approximate surface area is 202 Å². The van der Waals surface area contributed by atoms with Crippen LogP contribution in [0.1, 0.15) is 24.6 Å². The summed E-state index contributed by atoms with van der Waals surface area (Å²) >= 11 is 2.96. The molecule has 1 N–H and O–H groups in total. The van der Waals surface area contributed by atoms with E-state index in [-0.39, 0.29) is 5.91 Å². The highest BCUT2D eigenvalue weighted by Crippen LogP contribution is 2.32. The Balaban J connectivity index is 1.49. The summed E-state index contributed by atoms with van der Waals surface area (Å²) < 4.78 is 0. The van der Waals surface area contributed by atoms with Crippen molar-refractivity contribution in [2.45, 2.75) is 30.2 Å². The SMILES string of the molecule is CC#CC(=O)N1CCC(Sc2nc(Nc3ncc(C#N)s3)cc(N3CCN(C)CC3)n2)CC1. The molecule has 2 aliphatic rings. The van der Waals surface area contributed by atoms with Gasteiger partial charge in [-0.2, -0.15) is 5.26 Å². The predicted octanol–water partition coefficient (Wildman–Crippen LogP) is 2.41. The molecule has 2 fully saturated rings. The summed E-state index contributed by atoms with van der Waals surface area (Å²) in [5.41, 5.74) is 0. The maximum absolute atomic E-state index is 12.0. The number of piperidine rings is 1. The number of piperazine rings is 1. The first-order chi connectivity index (χ1) is 16.0. The number of rotatable bonds is 5. The highest BCUT2D eigenvalue weighted by Gasteiger charge is 2.25. The molecule has 1 amide bonds. The molecule has 0 atom stereocenters. The van der Waals surface area contributed by atoms with Crippen molar-refractivity contribution in [3.63, 3.8) is 0 Å². The molecule has 0 spiro atoms. The first kappa shape index (κ1) is 23.3. The Kier molecular flexibility index (Phi) is 7.65. The summed E-state index contributed by atoms with van der Waals surface area (Å²) in [7, 11) is 2.13. The molecule has 9 nitrogen and oxygen atoms in total. The van der Waals surface area contributed by atoms with E-state index >= 15 is 0 Å². The lowest BCUT2D eigenvalue weighted by Crippen LogP contribution is -2.44. The second-order valence-electron chi connectivity index (χ2n) is 7.94. The van der Waals surface area contributed by atoms with Crippen LogP contribution in [0.3, 0.4) is 0 Å². The van der Waals surface area contributed by atoms with Gasteiger partial charge in [-0.1, -0.05) is 29.0 Å². The van der Waals surface area contributed by atoms with Crippen LogP contribution in [0.25, 0.3) is 0 Å². The first-order valence-corrected chi connectivity index (χ1v) is 12.6. The smallest absolute Gasteiger partial charge is 0.298 e. The Morgan fingerprint density at radius 2 is 1.97 bits per heavy atom. The number of nitrogens with zero attached hydrogens (tertiary/aromatic N) is 7. The van der Waals surface area contributed by atoms with Crippen molar-refractivity contribution >= 4 is 45.8 Å². The summed E-state index contributed by atoms with van der Waals surface area (Å²) in [6, 6.07) is 4.07. The number of hydrogen-bond donors (Lipinski definition) is 1. The van der Waals surface area contributed by atoms with Gasteiger partial charge in [-0.15, -0.1) is 0 Å². The summed E-state index contributed by atoms with van der Waals surface area (Å²) in [6.07, 6.45) is 3.32. The normalized spacial score (nSPS) is 17.2. The zero-order chi connectivity index (χ0) is 23.2. The second-order valence-corrected chi connectivity index (χ2v) is 10.2. The van der Waals surface area contributed by atoms with Gasteiger partial charge in [0.25, 0.3) is 5.91 Å². The summed E-state index contributed by atoms with van der Waals surface area (Å²) in [5, 5.41) is 14.0. The number of hydrogen-bond acceptors (Lipinski definition) is 10. The molecule has 4 heterocycles. The minimum Gasteiger partial charge on any atom is -0.354 e. The molecule has 4 rings (SSSR count). The molecule has 0 bridgehead atoms. The van der Waals surface area contributed by atoms with Crippen LogP contribution in [0.2, 0.25) is 0 Å². The van der Waals surface area contributed by atoms with Crippen molar-refractivity contribution in [1.82, 2.24) is 24.8 Å². The van der Waals surface area contributed by atoms with Gasteiger partial charge >= 0.3 is 0 Å². The molecule has 0 aliphatic carbocycles. The van der Waals surface area contributed by atoms with Crippen LogP contribution in [-0.2, 0) is 4.79 Å². The van der Waals surface area contributed by atoms with Crippen molar-refractivity contribution in [2.24, 2.45) is 0 Å². The third kappa shape index (κ3) is 6.14. The maximum atomic E-state index is 12.0. The molecule has 2 aliphatic heterocycles. The molecule has 33 heavy (non-hydrogen) atoms. The molecule has 0 aromatic carbocycles. The third-order valence-corrected chi connectivity index (χ3v) is 7.62. The number of anilines is 3. The van der Waals surface area contributed by atoms with E-state index in [1.807, 2.05) is 11.0 Å². The van der Waals surface area contributed by atoms with E-state index in [0.717, 1.165) is 44.8 Å². The van der Waals surface area contributed by atoms with Gasteiger partial charge in [0.05, 0.1) is 6.20 Å². The van der Waals surface area contributed by atoms with Crippen LogP contribution in [0.4, 0.5) is 16.8 Å². The number of thiazole rings is 1.